The first-order chi connectivity index (χ1) is 9.78. The van der Waals surface area contributed by atoms with Crippen molar-refractivity contribution in [3.63, 3.8) is 0 Å². The van der Waals surface area contributed by atoms with Gasteiger partial charge in [-0.25, -0.2) is 0 Å². The van der Waals surface area contributed by atoms with Crippen LogP contribution in [0.25, 0.3) is 5.57 Å². The van der Waals surface area contributed by atoms with Crippen LogP contribution in [-0.4, -0.2) is 11.0 Å². The number of rotatable bonds is 3. The summed E-state index contributed by atoms with van der Waals surface area (Å²) < 4.78 is 0. The standard InChI is InChI=1S/C16H14N2O2/c19-10-11-5-7-12(8-6-11)17-9-14-13-3-1-2-4-15(13)18-16(14)20/h1-9,17,19H,10H2,(H,18,20)/b14-9+. The highest BCUT2D eigenvalue weighted by atomic mass is 16.3. The highest BCUT2D eigenvalue weighted by Crippen LogP contribution is 2.31. The van der Waals surface area contributed by atoms with Crippen LogP contribution in [0, 0.1) is 0 Å². The van der Waals surface area contributed by atoms with Crippen LogP contribution in [-0.2, 0) is 11.4 Å². The average molecular weight is 266 g/mol. The van der Waals surface area contributed by atoms with Crippen molar-refractivity contribution in [3.05, 3.63) is 65.9 Å². The lowest BCUT2D eigenvalue weighted by atomic mass is 10.1. The van der Waals surface area contributed by atoms with Gasteiger partial charge in [-0.2, -0.15) is 0 Å². The second-order valence-corrected chi connectivity index (χ2v) is 4.56. The molecule has 0 atom stereocenters. The van der Waals surface area contributed by atoms with Crippen LogP contribution in [0.5, 0.6) is 0 Å². The van der Waals surface area contributed by atoms with Crippen molar-refractivity contribution in [3.8, 4) is 0 Å². The van der Waals surface area contributed by atoms with Crippen molar-refractivity contribution in [2.75, 3.05) is 10.6 Å². The molecular formula is C16H14N2O2. The number of anilines is 2. The highest BCUT2D eigenvalue weighted by molar-refractivity contribution is 6.31. The SMILES string of the molecule is O=C1Nc2ccccc2/C1=C\Nc1ccc(CO)cc1. The zero-order chi connectivity index (χ0) is 13.9. The maximum atomic E-state index is 11.9. The van der Waals surface area contributed by atoms with E-state index in [4.69, 9.17) is 5.11 Å². The smallest absolute Gasteiger partial charge is 0.257 e. The number of hydrogen-bond donors (Lipinski definition) is 3. The van der Waals surface area contributed by atoms with Gasteiger partial charge >= 0.3 is 0 Å². The fourth-order valence-electron chi connectivity index (χ4n) is 2.14. The minimum absolute atomic E-state index is 0.0250. The number of amides is 1. The van der Waals surface area contributed by atoms with Gasteiger partial charge in [-0.3, -0.25) is 4.79 Å². The summed E-state index contributed by atoms with van der Waals surface area (Å²) in [5.41, 5.74) is 4.07. The van der Waals surface area contributed by atoms with Crippen molar-refractivity contribution >= 4 is 22.9 Å². The third-order valence-corrected chi connectivity index (χ3v) is 3.23. The third-order valence-electron chi connectivity index (χ3n) is 3.23. The summed E-state index contributed by atoms with van der Waals surface area (Å²) in [6, 6.07) is 15.0. The molecule has 1 aliphatic heterocycles. The van der Waals surface area contributed by atoms with Crippen molar-refractivity contribution < 1.29 is 9.90 Å². The second-order valence-electron chi connectivity index (χ2n) is 4.56. The molecule has 2 aromatic carbocycles. The Kier molecular flexibility index (Phi) is 3.23. The third kappa shape index (κ3) is 2.29. The maximum absolute atomic E-state index is 11.9. The Morgan fingerprint density at radius 2 is 1.85 bits per heavy atom. The van der Waals surface area contributed by atoms with Gasteiger partial charge < -0.3 is 15.7 Å². The minimum Gasteiger partial charge on any atom is -0.392 e. The van der Waals surface area contributed by atoms with Crippen LogP contribution in [0.2, 0.25) is 0 Å². The predicted molar refractivity (Wildman–Crippen MR) is 79.0 cm³/mol. The number of nitrogens with one attached hydrogen (secondary N) is 2. The van der Waals surface area contributed by atoms with Gasteiger partial charge in [0, 0.05) is 23.1 Å². The lowest BCUT2D eigenvalue weighted by Crippen LogP contribution is -2.05. The molecule has 4 heteroatoms. The molecule has 0 radical (unpaired) electrons. The molecule has 20 heavy (non-hydrogen) atoms. The summed E-state index contributed by atoms with van der Waals surface area (Å²) in [7, 11) is 0. The van der Waals surface area contributed by atoms with Gasteiger partial charge in [0.05, 0.1) is 12.2 Å². The van der Waals surface area contributed by atoms with E-state index in [2.05, 4.69) is 10.6 Å². The largest absolute Gasteiger partial charge is 0.392 e. The lowest BCUT2D eigenvalue weighted by Gasteiger charge is -2.03. The first-order valence-corrected chi connectivity index (χ1v) is 6.35. The Balaban J connectivity index is 1.83. The molecule has 1 aliphatic rings. The quantitative estimate of drug-likeness (QED) is 0.748. The molecule has 0 saturated carbocycles. The van der Waals surface area contributed by atoms with E-state index in [1.54, 1.807) is 6.20 Å². The predicted octanol–water partition coefficient (Wildman–Crippen LogP) is 2.58. The van der Waals surface area contributed by atoms with Crippen molar-refractivity contribution in [2.24, 2.45) is 0 Å². The molecule has 1 amide bonds. The molecule has 0 aromatic heterocycles. The molecule has 100 valence electrons. The van der Waals surface area contributed by atoms with E-state index in [1.165, 1.54) is 0 Å². The fraction of sp³-hybridized carbons (Fsp3) is 0.0625. The molecule has 0 aliphatic carbocycles. The van der Waals surface area contributed by atoms with Crippen LogP contribution < -0.4 is 10.6 Å². The molecule has 4 nitrogen and oxygen atoms in total. The van der Waals surface area contributed by atoms with E-state index < -0.39 is 0 Å². The lowest BCUT2D eigenvalue weighted by molar-refractivity contribution is -0.110. The summed E-state index contributed by atoms with van der Waals surface area (Å²) in [5.74, 6) is -0.106. The molecule has 2 aromatic rings. The number of benzene rings is 2. The zero-order valence-electron chi connectivity index (χ0n) is 10.8. The van der Waals surface area contributed by atoms with Crippen LogP contribution in [0.1, 0.15) is 11.1 Å². The first kappa shape index (κ1) is 12.4. The van der Waals surface area contributed by atoms with Crippen LogP contribution in [0.15, 0.2) is 54.7 Å². The van der Waals surface area contributed by atoms with E-state index in [1.807, 2.05) is 48.5 Å². The maximum Gasteiger partial charge on any atom is 0.257 e. The van der Waals surface area contributed by atoms with Crippen molar-refractivity contribution in [2.45, 2.75) is 6.61 Å². The minimum atomic E-state index is -0.106. The van der Waals surface area contributed by atoms with Crippen molar-refractivity contribution in [1.29, 1.82) is 0 Å². The molecule has 0 fully saturated rings. The van der Waals surface area contributed by atoms with Gasteiger partial charge in [-0.05, 0) is 23.8 Å². The Hall–Kier alpha value is -2.59. The zero-order valence-corrected chi connectivity index (χ0v) is 10.8. The number of para-hydroxylation sites is 1. The Morgan fingerprint density at radius 1 is 1.10 bits per heavy atom. The van der Waals surface area contributed by atoms with Crippen LogP contribution in [0.4, 0.5) is 11.4 Å². The molecular weight excluding hydrogens is 252 g/mol. The summed E-state index contributed by atoms with van der Waals surface area (Å²) >= 11 is 0. The van der Waals surface area contributed by atoms with Gasteiger partial charge in [0.25, 0.3) is 5.91 Å². The van der Waals surface area contributed by atoms with E-state index in [9.17, 15) is 4.79 Å². The molecule has 0 unspecified atom stereocenters. The normalized spacial score (nSPS) is 15.1. The number of carbonyl (C=O) groups is 1. The molecule has 0 saturated heterocycles. The Bertz CT molecular complexity index is 675. The molecule has 3 N–H and O–H groups in total. The Morgan fingerprint density at radius 3 is 2.60 bits per heavy atom. The van der Waals surface area contributed by atoms with Crippen LogP contribution >= 0.6 is 0 Å². The summed E-state index contributed by atoms with van der Waals surface area (Å²) in [5, 5.41) is 14.9. The van der Waals surface area contributed by atoms with Gasteiger partial charge in [-0.15, -0.1) is 0 Å². The second kappa shape index (κ2) is 5.19. The molecule has 0 bridgehead atoms. The molecule has 0 spiro atoms. The van der Waals surface area contributed by atoms with E-state index in [-0.39, 0.29) is 12.5 Å². The van der Waals surface area contributed by atoms with Gasteiger partial charge in [0.2, 0.25) is 0 Å². The number of carbonyl (C=O) groups excluding carboxylic acids is 1. The Labute approximate surface area is 116 Å². The van der Waals surface area contributed by atoms with E-state index in [0.717, 1.165) is 22.5 Å². The van der Waals surface area contributed by atoms with Gasteiger partial charge in [0.15, 0.2) is 0 Å². The monoisotopic (exact) mass is 266 g/mol. The summed E-state index contributed by atoms with van der Waals surface area (Å²) in [6.07, 6.45) is 1.70. The molecule has 1 heterocycles. The number of fused-ring (bicyclic) bond motifs is 1. The van der Waals surface area contributed by atoms with Crippen molar-refractivity contribution in [1.82, 2.24) is 0 Å². The van der Waals surface area contributed by atoms with E-state index >= 15 is 0 Å². The fourth-order valence-corrected chi connectivity index (χ4v) is 2.14. The summed E-state index contributed by atoms with van der Waals surface area (Å²) in [4.78, 5) is 11.9. The average Bonchev–Trinajstić information content (AvgIpc) is 2.81. The van der Waals surface area contributed by atoms with Gasteiger partial charge in [0.1, 0.15) is 0 Å². The van der Waals surface area contributed by atoms with Crippen LogP contribution in [0.3, 0.4) is 0 Å². The van der Waals surface area contributed by atoms with E-state index in [0.29, 0.717) is 5.57 Å². The number of aliphatic hydroxyl groups excluding tert-OH is 1. The highest BCUT2D eigenvalue weighted by Gasteiger charge is 2.23. The number of aliphatic hydroxyl groups is 1. The molecule has 3 rings (SSSR count). The summed E-state index contributed by atoms with van der Waals surface area (Å²) in [6.45, 7) is 0.0250. The topological polar surface area (TPSA) is 61.4 Å². The number of hydrogen-bond acceptors (Lipinski definition) is 3. The van der Waals surface area contributed by atoms with Gasteiger partial charge in [-0.1, -0.05) is 30.3 Å². The first-order valence-electron chi connectivity index (χ1n) is 6.35.